The molecule has 5 heteroatoms. The minimum absolute atomic E-state index is 0.00731. The molecule has 1 aliphatic carbocycles. The van der Waals surface area contributed by atoms with Gasteiger partial charge in [0, 0.05) is 6.04 Å². The smallest absolute Gasteiger partial charge is 0.404 e. The van der Waals surface area contributed by atoms with Gasteiger partial charge in [0.2, 0.25) is 0 Å². The Labute approximate surface area is 71.4 Å². The Hall–Kier alpha value is -0.810. The number of carbonyl (C=O) groups is 1. The Morgan fingerprint density at radius 1 is 1.33 bits per heavy atom. The average molecular weight is 173 g/mol. The highest BCUT2D eigenvalue weighted by molar-refractivity contribution is 5.64. The van der Waals surface area contributed by atoms with Crippen molar-refractivity contribution in [1.82, 2.24) is 5.43 Å². The van der Waals surface area contributed by atoms with Crippen LogP contribution in [0.15, 0.2) is 0 Å². The van der Waals surface area contributed by atoms with Crippen LogP contribution < -0.4 is 17.0 Å². The minimum Gasteiger partial charge on any atom is -0.446 e. The molecule has 0 aromatic carbocycles. The number of amides is 1. The molecule has 70 valence electrons. The molecule has 0 heterocycles. The largest absolute Gasteiger partial charge is 0.446 e. The van der Waals surface area contributed by atoms with Crippen molar-refractivity contribution in [3.8, 4) is 0 Å². The summed E-state index contributed by atoms with van der Waals surface area (Å²) >= 11 is 0. The van der Waals surface area contributed by atoms with Gasteiger partial charge in [-0.25, -0.2) is 4.79 Å². The summed E-state index contributed by atoms with van der Waals surface area (Å²) in [4.78, 5) is 10.4. The molecule has 12 heavy (non-hydrogen) atoms. The van der Waals surface area contributed by atoms with Crippen LogP contribution in [0.2, 0.25) is 0 Å². The molecule has 0 bridgehead atoms. The van der Waals surface area contributed by atoms with E-state index in [1.165, 1.54) is 0 Å². The van der Waals surface area contributed by atoms with Gasteiger partial charge in [0.25, 0.3) is 0 Å². The Kier molecular flexibility index (Phi) is 3.31. The molecule has 5 N–H and O–H groups in total. The van der Waals surface area contributed by atoms with Crippen molar-refractivity contribution in [3.05, 3.63) is 0 Å². The molecular formula is C7H15N3O2. The lowest BCUT2D eigenvalue weighted by molar-refractivity contribution is 0.0759. The normalized spacial score (nSPS) is 29.8. The highest BCUT2D eigenvalue weighted by Crippen LogP contribution is 2.20. The third kappa shape index (κ3) is 2.67. The molecule has 5 nitrogen and oxygen atoms in total. The number of primary amides is 1. The summed E-state index contributed by atoms with van der Waals surface area (Å²) in [7, 11) is 0. The number of nitrogens with one attached hydrogen (secondary N) is 1. The van der Waals surface area contributed by atoms with Crippen LogP contribution in [0.1, 0.15) is 25.7 Å². The van der Waals surface area contributed by atoms with E-state index in [9.17, 15) is 4.79 Å². The first kappa shape index (κ1) is 9.28. The fraction of sp³-hybridized carbons (Fsp3) is 0.857. The zero-order chi connectivity index (χ0) is 8.97. The highest BCUT2D eigenvalue weighted by atomic mass is 16.6. The SMILES string of the molecule is NNC1CCC(OC(N)=O)CC1. The third-order valence-electron chi connectivity index (χ3n) is 2.19. The van der Waals surface area contributed by atoms with E-state index in [0.29, 0.717) is 6.04 Å². The van der Waals surface area contributed by atoms with Crippen LogP contribution in [0.25, 0.3) is 0 Å². The Bertz CT molecular complexity index is 155. The van der Waals surface area contributed by atoms with Gasteiger partial charge in [-0.05, 0) is 25.7 Å². The second-order valence-corrected chi connectivity index (χ2v) is 3.08. The first-order valence-corrected chi connectivity index (χ1v) is 4.14. The van der Waals surface area contributed by atoms with Crippen molar-refractivity contribution in [3.63, 3.8) is 0 Å². The van der Waals surface area contributed by atoms with Gasteiger partial charge in [-0.15, -0.1) is 0 Å². The zero-order valence-corrected chi connectivity index (χ0v) is 6.95. The van der Waals surface area contributed by atoms with Crippen molar-refractivity contribution >= 4 is 6.09 Å². The number of rotatable bonds is 2. The van der Waals surface area contributed by atoms with E-state index in [1.807, 2.05) is 0 Å². The summed E-state index contributed by atoms with van der Waals surface area (Å²) in [6, 6.07) is 0.359. The number of hydrogen-bond acceptors (Lipinski definition) is 4. The lowest BCUT2D eigenvalue weighted by Crippen LogP contribution is -2.40. The van der Waals surface area contributed by atoms with Crippen molar-refractivity contribution in [1.29, 1.82) is 0 Å². The standard InChI is InChI=1S/C7H15N3O2/c8-7(11)12-6-3-1-5(10-9)2-4-6/h5-6,10H,1-4,9H2,(H2,8,11). The van der Waals surface area contributed by atoms with E-state index < -0.39 is 6.09 Å². The molecule has 0 radical (unpaired) electrons. The molecular weight excluding hydrogens is 158 g/mol. The van der Waals surface area contributed by atoms with Gasteiger partial charge in [-0.2, -0.15) is 0 Å². The number of ether oxygens (including phenoxy) is 1. The van der Waals surface area contributed by atoms with Crippen LogP contribution in [0, 0.1) is 0 Å². The van der Waals surface area contributed by atoms with Gasteiger partial charge < -0.3 is 10.5 Å². The van der Waals surface area contributed by atoms with E-state index in [2.05, 4.69) is 5.43 Å². The monoisotopic (exact) mass is 173 g/mol. The summed E-state index contributed by atoms with van der Waals surface area (Å²) in [5, 5.41) is 0. The van der Waals surface area contributed by atoms with Crippen LogP contribution in [0.5, 0.6) is 0 Å². The van der Waals surface area contributed by atoms with Gasteiger partial charge in [0.15, 0.2) is 0 Å². The fourth-order valence-corrected chi connectivity index (χ4v) is 1.51. The first-order valence-electron chi connectivity index (χ1n) is 4.14. The molecule has 0 aromatic rings. The van der Waals surface area contributed by atoms with Crippen molar-refractivity contribution in [2.75, 3.05) is 0 Å². The summed E-state index contributed by atoms with van der Waals surface area (Å²) in [5.74, 6) is 5.27. The summed E-state index contributed by atoms with van der Waals surface area (Å²) in [6.45, 7) is 0. The lowest BCUT2D eigenvalue weighted by atomic mass is 9.93. The highest BCUT2D eigenvalue weighted by Gasteiger charge is 2.21. The molecule has 0 unspecified atom stereocenters. The molecule has 1 fully saturated rings. The van der Waals surface area contributed by atoms with Crippen LogP contribution in [-0.2, 0) is 4.74 Å². The first-order chi connectivity index (χ1) is 5.72. The molecule has 1 amide bonds. The van der Waals surface area contributed by atoms with Crippen molar-refractivity contribution in [2.45, 2.75) is 37.8 Å². The second kappa shape index (κ2) is 4.27. The molecule has 1 aliphatic rings. The van der Waals surface area contributed by atoms with Gasteiger partial charge in [-0.3, -0.25) is 11.3 Å². The van der Waals surface area contributed by atoms with Gasteiger partial charge in [0.05, 0.1) is 0 Å². The van der Waals surface area contributed by atoms with Gasteiger partial charge >= 0.3 is 6.09 Å². The van der Waals surface area contributed by atoms with E-state index in [4.69, 9.17) is 16.3 Å². The Morgan fingerprint density at radius 3 is 2.33 bits per heavy atom. The van der Waals surface area contributed by atoms with Crippen LogP contribution in [0.4, 0.5) is 4.79 Å². The second-order valence-electron chi connectivity index (χ2n) is 3.08. The number of hydrazine groups is 1. The molecule has 0 atom stereocenters. The predicted molar refractivity (Wildman–Crippen MR) is 44.0 cm³/mol. The summed E-state index contributed by atoms with van der Waals surface area (Å²) in [5.41, 5.74) is 7.60. The van der Waals surface area contributed by atoms with E-state index in [-0.39, 0.29) is 6.10 Å². The Morgan fingerprint density at radius 2 is 1.92 bits per heavy atom. The molecule has 0 aliphatic heterocycles. The fourth-order valence-electron chi connectivity index (χ4n) is 1.51. The molecule has 1 rings (SSSR count). The number of nitrogens with two attached hydrogens (primary N) is 2. The van der Waals surface area contributed by atoms with Crippen LogP contribution in [0.3, 0.4) is 0 Å². The summed E-state index contributed by atoms with van der Waals surface area (Å²) < 4.78 is 4.85. The van der Waals surface area contributed by atoms with Crippen LogP contribution >= 0.6 is 0 Å². The molecule has 1 saturated carbocycles. The maximum absolute atomic E-state index is 10.4. The van der Waals surface area contributed by atoms with E-state index >= 15 is 0 Å². The zero-order valence-electron chi connectivity index (χ0n) is 6.95. The summed E-state index contributed by atoms with van der Waals surface area (Å²) in [6.07, 6.45) is 2.88. The predicted octanol–water partition coefficient (Wildman–Crippen LogP) is -0.144. The van der Waals surface area contributed by atoms with Crippen LogP contribution in [-0.4, -0.2) is 18.2 Å². The third-order valence-corrected chi connectivity index (χ3v) is 2.19. The minimum atomic E-state index is -0.681. The quantitative estimate of drug-likeness (QED) is 0.400. The maximum atomic E-state index is 10.4. The number of carbonyl (C=O) groups excluding carboxylic acids is 1. The molecule has 0 aromatic heterocycles. The lowest BCUT2D eigenvalue weighted by Gasteiger charge is -2.26. The molecule has 0 spiro atoms. The van der Waals surface area contributed by atoms with E-state index in [0.717, 1.165) is 25.7 Å². The Balaban J connectivity index is 2.21. The maximum Gasteiger partial charge on any atom is 0.404 e. The average Bonchev–Trinajstić information content (AvgIpc) is 2.05. The van der Waals surface area contributed by atoms with E-state index in [1.54, 1.807) is 0 Å². The van der Waals surface area contributed by atoms with Gasteiger partial charge in [0.1, 0.15) is 6.10 Å². The topological polar surface area (TPSA) is 90.4 Å². The van der Waals surface area contributed by atoms with Crippen molar-refractivity contribution < 1.29 is 9.53 Å². The number of hydrogen-bond donors (Lipinski definition) is 3. The van der Waals surface area contributed by atoms with Gasteiger partial charge in [-0.1, -0.05) is 0 Å². The van der Waals surface area contributed by atoms with Crippen molar-refractivity contribution in [2.24, 2.45) is 11.6 Å². The molecule has 0 saturated heterocycles.